The predicted octanol–water partition coefficient (Wildman–Crippen LogP) is 1.67. The second-order valence-corrected chi connectivity index (χ2v) is 7.14. The van der Waals surface area contributed by atoms with E-state index in [1.54, 1.807) is 13.8 Å². The molecule has 8 heteroatoms. The summed E-state index contributed by atoms with van der Waals surface area (Å²) in [5.41, 5.74) is 1.88. The van der Waals surface area contributed by atoms with E-state index in [2.05, 4.69) is 11.1 Å². The van der Waals surface area contributed by atoms with Crippen molar-refractivity contribution in [3.63, 3.8) is 0 Å². The number of carbonyl (C=O) groups excluding carboxylic acids is 1. The van der Waals surface area contributed by atoms with E-state index in [-0.39, 0.29) is 24.8 Å². The number of hydrogen-bond acceptors (Lipinski definition) is 6. The lowest BCUT2D eigenvalue weighted by Gasteiger charge is -2.30. The van der Waals surface area contributed by atoms with Gasteiger partial charge in [0.15, 0.2) is 0 Å². The summed E-state index contributed by atoms with van der Waals surface area (Å²) in [5, 5.41) is 18.8. The third-order valence-electron chi connectivity index (χ3n) is 5.06. The molecule has 0 radical (unpaired) electrons. The molecule has 2 aliphatic rings. The summed E-state index contributed by atoms with van der Waals surface area (Å²) < 4.78 is 11.3. The minimum Gasteiger partial charge on any atom is -0.475 e. The molecule has 1 unspecified atom stereocenters. The van der Waals surface area contributed by atoms with E-state index < -0.39 is 17.9 Å². The predicted molar refractivity (Wildman–Crippen MR) is 89.8 cm³/mol. The van der Waals surface area contributed by atoms with E-state index in [1.165, 1.54) is 4.90 Å². The first-order valence-corrected chi connectivity index (χ1v) is 8.45. The van der Waals surface area contributed by atoms with Crippen molar-refractivity contribution >= 4 is 12.4 Å². The molecule has 0 saturated carbocycles. The number of carbonyl (C=O) groups is 2. The average molecular weight is 359 g/mol. The molecule has 2 atom stereocenters. The van der Waals surface area contributed by atoms with Gasteiger partial charge in [0, 0.05) is 11.5 Å². The molecular formula is C18H21N3O5. The van der Waals surface area contributed by atoms with Crippen LogP contribution >= 0.6 is 0 Å². The van der Waals surface area contributed by atoms with Gasteiger partial charge >= 0.3 is 6.09 Å². The molecule has 1 fully saturated rings. The molecule has 138 valence electrons. The van der Waals surface area contributed by atoms with E-state index in [1.807, 2.05) is 6.92 Å². The van der Waals surface area contributed by atoms with Crippen LogP contribution in [0, 0.1) is 24.2 Å². The van der Waals surface area contributed by atoms with Crippen LogP contribution in [0.4, 0.5) is 4.79 Å². The van der Waals surface area contributed by atoms with Crippen LogP contribution < -0.4 is 4.74 Å². The van der Waals surface area contributed by atoms with Gasteiger partial charge in [-0.15, -0.1) is 0 Å². The lowest BCUT2D eigenvalue weighted by Crippen LogP contribution is -2.49. The van der Waals surface area contributed by atoms with Gasteiger partial charge in [0.25, 0.3) is 0 Å². The number of pyridine rings is 1. The SMILES string of the molecule is Cc1c(OC[C@H]2COC(C)(C)N2C(=O)O)nc(C#N)c2c1CC(C=O)C2. The van der Waals surface area contributed by atoms with Gasteiger partial charge in [0.2, 0.25) is 5.88 Å². The van der Waals surface area contributed by atoms with Crippen molar-refractivity contribution < 1.29 is 24.2 Å². The topological polar surface area (TPSA) is 113 Å². The third kappa shape index (κ3) is 2.99. The Morgan fingerprint density at radius 3 is 2.81 bits per heavy atom. The first-order chi connectivity index (χ1) is 12.3. The maximum absolute atomic E-state index is 11.5. The number of ether oxygens (including phenoxy) is 2. The van der Waals surface area contributed by atoms with Crippen molar-refractivity contribution in [1.29, 1.82) is 5.26 Å². The average Bonchev–Trinajstić information content (AvgIpc) is 3.15. The number of hydrogen-bond donors (Lipinski definition) is 1. The van der Waals surface area contributed by atoms with Crippen molar-refractivity contribution in [3.8, 4) is 11.9 Å². The molecule has 1 aliphatic carbocycles. The lowest BCUT2D eigenvalue weighted by molar-refractivity contribution is -0.110. The number of carboxylic acid groups (broad SMARTS) is 1. The first kappa shape index (κ1) is 18.1. The zero-order valence-corrected chi connectivity index (χ0v) is 15.0. The summed E-state index contributed by atoms with van der Waals surface area (Å²) in [4.78, 5) is 28.2. The quantitative estimate of drug-likeness (QED) is 0.814. The molecule has 1 aromatic heterocycles. The Hall–Kier alpha value is -2.66. The van der Waals surface area contributed by atoms with E-state index >= 15 is 0 Å². The highest BCUT2D eigenvalue weighted by atomic mass is 16.5. The summed E-state index contributed by atoms with van der Waals surface area (Å²) in [7, 11) is 0. The molecule has 1 saturated heterocycles. The lowest BCUT2D eigenvalue weighted by atomic mass is 10.0. The Kier molecular flexibility index (Phi) is 4.59. The number of nitriles is 1. The summed E-state index contributed by atoms with van der Waals surface area (Å²) in [6, 6.07) is 1.60. The zero-order valence-electron chi connectivity index (χ0n) is 15.0. The van der Waals surface area contributed by atoms with E-state index in [0.717, 1.165) is 23.0 Å². The van der Waals surface area contributed by atoms with Crippen molar-refractivity contribution in [2.75, 3.05) is 13.2 Å². The summed E-state index contributed by atoms with van der Waals surface area (Å²) >= 11 is 0. The Bertz CT molecular complexity index is 799. The minimum atomic E-state index is -1.08. The standard InChI is InChI=1S/C18H21N3O5/c1-10-13-4-11(7-22)5-14(13)15(6-19)20-16(10)25-8-12-9-26-18(2,3)21(12)17(23)24/h7,11-12H,4-5,8-9H2,1-3H3,(H,23,24)/t11?,12-/m0/s1. The number of fused-ring (bicyclic) bond motifs is 1. The van der Waals surface area contributed by atoms with Gasteiger partial charge in [-0.1, -0.05) is 0 Å². The molecule has 3 rings (SSSR count). The van der Waals surface area contributed by atoms with Crippen LogP contribution in [0.2, 0.25) is 0 Å². The Morgan fingerprint density at radius 2 is 2.19 bits per heavy atom. The number of rotatable bonds is 4. The molecule has 8 nitrogen and oxygen atoms in total. The molecule has 0 bridgehead atoms. The van der Waals surface area contributed by atoms with Gasteiger partial charge in [-0.25, -0.2) is 9.78 Å². The van der Waals surface area contributed by atoms with Crippen molar-refractivity contribution in [3.05, 3.63) is 22.4 Å². The number of amides is 1. The molecule has 26 heavy (non-hydrogen) atoms. The van der Waals surface area contributed by atoms with Crippen LogP contribution in [0.3, 0.4) is 0 Å². The van der Waals surface area contributed by atoms with Gasteiger partial charge < -0.3 is 19.4 Å². The largest absolute Gasteiger partial charge is 0.475 e. The smallest absolute Gasteiger partial charge is 0.410 e. The molecule has 0 aromatic carbocycles. The second kappa shape index (κ2) is 6.57. The normalized spacial score (nSPS) is 23.4. The fraction of sp³-hybridized carbons (Fsp3) is 0.556. The highest BCUT2D eigenvalue weighted by Crippen LogP contribution is 2.35. The van der Waals surface area contributed by atoms with Gasteiger partial charge in [-0.2, -0.15) is 5.26 Å². The van der Waals surface area contributed by atoms with E-state index in [0.29, 0.717) is 18.7 Å². The number of aromatic nitrogens is 1. The molecule has 1 N–H and O–H groups in total. The van der Waals surface area contributed by atoms with Crippen molar-refractivity contribution in [2.24, 2.45) is 5.92 Å². The van der Waals surface area contributed by atoms with E-state index in [4.69, 9.17) is 9.47 Å². The second-order valence-electron chi connectivity index (χ2n) is 7.14. The molecule has 2 heterocycles. The van der Waals surface area contributed by atoms with Crippen LogP contribution in [0.15, 0.2) is 0 Å². The monoisotopic (exact) mass is 359 g/mol. The molecule has 1 amide bonds. The highest BCUT2D eigenvalue weighted by Gasteiger charge is 2.44. The van der Waals surface area contributed by atoms with Crippen molar-refractivity contribution in [2.45, 2.75) is 45.4 Å². The summed E-state index contributed by atoms with van der Waals surface area (Å²) in [5.74, 6) is 0.168. The van der Waals surface area contributed by atoms with Gasteiger partial charge in [0.1, 0.15) is 30.4 Å². The first-order valence-electron chi connectivity index (χ1n) is 8.45. The van der Waals surface area contributed by atoms with Crippen LogP contribution in [0.1, 0.15) is 36.2 Å². The number of aldehydes is 1. The number of nitrogens with zero attached hydrogens (tertiary/aromatic N) is 3. The Balaban J connectivity index is 1.83. The van der Waals surface area contributed by atoms with Crippen LogP contribution in [-0.2, 0) is 22.4 Å². The maximum atomic E-state index is 11.5. The van der Waals surface area contributed by atoms with Gasteiger partial charge in [0.05, 0.1) is 12.6 Å². The molecule has 0 spiro atoms. The Morgan fingerprint density at radius 1 is 1.50 bits per heavy atom. The van der Waals surface area contributed by atoms with Crippen LogP contribution in [0.5, 0.6) is 5.88 Å². The molecule has 1 aromatic rings. The van der Waals surface area contributed by atoms with Crippen molar-refractivity contribution in [1.82, 2.24) is 9.88 Å². The van der Waals surface area contributed by atoms with E-state index in [9.17, 15) is 20.0 Å². The van der Waals surface area contributed by atoms with Crippen LogP contribution in [-0.4, -0.2) is 52.4 Å². The van der Waals surface area contributed by atoms with Gasteiger partial charge in [-0.05, 0) is 44.7 Å². The zero-order chi connectivity index (χ0) is 19.1. The fourth-order valence-electron chi connectivity index (χ4n) is 3.74. The Labute approximate surface area is 151 Å². The maximum Gasteiger partial charge on any atom is 0.410 e. The molecular weight excluding hydrogens is 338 g/mol. The van der Waals surface area contributed by atoms with Crippen LogP contribution in [0.25, 0.3) is 0 Å². The summed E-state index contributed by atoms with van der Waals surface area (Å²) in [6.45, 7) is 5.52. The molecule has 1 aliphatic heterocycles. The minimum absolute atomic E-state index is 0.0737. The summed E-state index contributed by atoms with van der Waals surface area (Å²) in [6.07, 6.45) is 0.919. The van der Waals surface area contributed by atoms with Gasteiger partial charge in [-0.3, -0.25) is 4.90 Å². The third-order valence-corrected chi connectivity index (χ3v) is 5.06. The highest BCUT2D eigenvalue weighted by molar-refractivity contribution is 5.66. The fourth-order valence-corrected chi connectivity index (χ4v) is 3.74.